The first kappa shape index (κ1) is 40.1. The number of carboxylic acid groups (broad SMARTS) is 2. The largest absolute Gasteiger partial charge is 0.481 e. The zero-order chi connectivity index (χ0) is 34.2. The Morgan fingerprint density at radius 3 is 1.59 bits per heavy atom. The van der Waals surface area contributed by atoms with E-state index in [2.05, 4.69) is 4.90 Å². The number of aliphatic carboxylic acids is 2. The smallest absolute Gasteiger partial charge is 0.309 e. The van der Waals surface area contributed by atoms with Crippen molar-refractivity contribution in [1.29, 1.82) is 0 Å². The van der Waals surface area contributed by atoms with Crippen LogP contribution in [-0.4, -0.2) is 100 Å². The van der Waals surface area contributed by atoms with Gasteiger partial charge < -0.3 is 44.5 Å². The molecule has 2 unspecified atom stereocenters. The number of aryl methyl sites for hydroxylation is 1. The molecular formula is C33H50N2O11. The number of benzene rings is 1. The summed E-state index contributed by atoms with van der Waals surface area (Å²) in [5.41, 5.74) is 8.56. The van der Waals surface area contributed by atoms with Crippen LogP contribution in [0.2, 0.25) is 0 Å². The van der Waals surface area contributed by atoms with Crippen molar-refractivity contribution in [2.45, 2.75) is 46.5 Å². The molecule has 0 fully saturated rings. The van der Waals surface area contributed by atoms with Gasteiger partial charge in [-0.25, -0.2) is 0 Å². The highest BCUT2D eigenvalue weighted by Gasteiger charge is 2.23. The van der Waals surface area contributed by atoms with Crippen LogP contribution in [0.15, 0.2) is 42.5 Å². The summed E-state index contributed by atoms with van der Waals surface area (Å²) >= 11 is 0. The summed E-state index contributed by atoms with van der Waals surface area (Å²) in [5, 5.41) is 18.0. The van der Waals surface area contributed by atoms with Gasteiger partial charge in [0.05, 0.1) is 64.3 Å². The van der Waals surface area contributed by atoms with Gasteiger partial charge in [0.25, 0.3) is 0 Å². The first-order valence-electron chi connectivity index (χ1n) is 15.4. The number of ether oxygens (including phenoxy) is 5. The third-order valence-corrected chi connectivity index (χ3v) is 6.77. The maximum Gasteiger partial charge on any atom is 0.309 e. The monoisotopic (exact) mass is 650 g/mol. The summed E-state index contributed by atoms with van der Waals surface area (Å²) in [6, 6.07) is 5.74. The van der Waals surface area contributed by atoms with E-state index in [4.69, 9.17) is 39.6 Å². The number of esters is 2. The minimum Gasteiger partial charge on any atom is -0.481 e. The number of nitrogens with zero attached hydrogens (tertiary/aromatic N) is 1. The van der Waals surface area contributed by atoms with Crippen molar-refractivity contribution < 1.29 is 53.1 Å². The lowest BCUT2D eigenvalue weighted by Gasteiger charge is -2.25. The van der Waals surface area contributed by atoms with Crippen molar-refractivity contribution in [2.75, 3.05) is 76.6 Å². The van der Waals surface area contributed by atoms with Crippen LogP contribution < -0.4 is 10.6 Å². The molecule has 46 heavy (non-hydrogen) atoms. The Morgan fingerprint density at radius 1 is 0.739 bits per heavy atom. The van der Waals surface area contributed by atoms with E-state index in [1.807, 2.05) is 25.1 Å². The summed E-state index contributed by atoms with van der Waals surface area (Å²) in [6.07, 6.45) is 7.02. The summed E-state index contributed by atoms with van der Waals surface area (Å²) in [6.45, 7) is 8.35. The van der Waals surface area contributed by atoms with Crippen LogP contribution in [0.5, 0.6) is 0 Å². The summed E-state index contributed by atoms with van der Waals surface area (Å²) < 4.78 is 27.3. The Morgan fingerprint density at radius 2 is 1.17 bits per heavy atom. The van der Waals surface area contributed by atoms with Gasteiger partial charge in [-0.3, -0.25) is 19.2 Å². The predicted octanol–water partition coefficient (Wildman–Crippen LogP) is 3.63. The zero-order valence-corrected chi connectivity index (χ0v) is 27.2. The molecule has 1 aromatic carbocycles. The summed E-state index contributed by atoms with van der Waals surface area (Å²) in [4.78, 5) is 48.6. The molecular weight excluding hydrogens is 600 g/mol. The second-order valence-electron chi connectivity index (χ2n) is 10.4. The van der Waals surface area contributed by atoms with Crippen LogP contribution in [0.1, 0.15) is 45.1 Å². The Kier molecular flexibility index (Phi) is 21.2. The minimum absolute atomic E-state index is 0.0210. The average Bonchev–Trinajstić information content (AvgIpc) is 3.01. The number of rotatable bonds is 26. The van der Waals surface area contributed by atoms with Crippen molar-refractivity contribution in [2.24, 2.45) is 11.8 Å². The molecule has 0 bridgehead atoms. The number of carbonyl (C=O) groups is 4. The van der Waals surface area contributed by atoms with Crippen LogP contribution in [-0.2, 0) is 42.9 Å². The van der Waals surface area contributed by atoms with E-state index >= 15 is 0 Å². The number of nitrogen functional groups attached to an aromatic ring is 1. The van der Waals surface area contributed by atoms with E-state index in [9.17, 15) is 19.2 Å². The van der Waals surface area contributed by atoms with Gasteiger partial charge in [0.2, 0.25) is 0 Å². The topological polar surface area (TPSA) is 184 Å². The molecule has 0 aromatic heterocycles. The molecule has 1 rings (SSSR count). The number of carboxylic acids is 2. The minimum atomic E-state index is -1.06. The maximum atomic E-state index is 12.3. The van der Waals surface area contributed by atoms with E-state index in [1.54, 1.807) is 38.2 Å². The Balaban J connectivity index is 2.41. The Bertz CT molecular complexity index is 1120. The van der Waals surface area contributed by atoms with Gasteiger partial charge in [-0.1, -0.05) is 24.3 Å². The first-order valence-corrected chi connectivity index (χ1v) is 15.4. The highest BCUT2D eigenvalue weighted by Crippen LogP contribution is 2.20. The maximum absolute atomic E-state index is 12.3. The quantitative estimate of drug-likeness (QED) is 0.0572. The molecule has 0 aliphatic carbocycles. The van der Waals surface area contributed by atoms with Crippen molar-refractivity contribution in [3.8, 4) is 0 Å². The van der Waals surface area contributed by atoms with E-state index in [1.165, 1.54) is 0 Å². The number of nitrogens with two attached hydrogens (primary N) is 1. The second-order valence-corrected chi connectivity index (χ2v) is 10.4. The van der Waals surface area contributed by atoms with Gasteiger partial charge in [0.1, 0.15) is 13.2 Å². The van der Waals surface area contributed by atoms with Gasteiger partial charge in [-0.05, 0) is 57.4 Å². The molecule has 1 aromatic rings. The number of carbonyl (C=O) groups excluding carboxylic acids is 2. The van der Waals surface area contributed by atoms with Gasteiger partial charge in [-0.15, -0.1) is 0 Å². The molecule has 13 nitrogen and oxygen atoms in total. The van der Waals surface area contributed by atoms with E-state index in [-0.39, 0.29) is 39.3 Å². The molecule has 13 heteroatoms. The Labute approximate surface area is 271 Å². The van der Waals surface area contributed by atoms with E-state index < -0.39 is 35.7 Å². The van der Waals surface area contributed by atoms with Crippen LogP contribution in [0.25, 0.3) is 0 Å². The van der Waals surface area contributed by atoms with Crippen molar-refractivity contribution in [3.05, 3.63) is 48.1 Å². The third-order valence-electron chi connectivity index (χ3n) is 6.77. The highest BCUT2D eigenvalue weighted by molar-refractivity contribution is 5.79. The van der Waals surface area contributed by atoms with Crippen molar-refractivity contribution in [1.82, 2.24) is 0 Å². The number of anilines is 2. The van der Waals surface area contributed by atoms with Gasteiger partial charge in [0.15, 0.2) is 0 Å². The van der Waals surface area contributed by atoms with Gasteiger partial charge >= 0.3 is 23.9 Å². The van der Waals surface area contributed by atoms with E-state index in [0.29, 0.717) is 58.0 Å². The van der Waals surface area contributed by atoms with Crippen LogP contribution in [0.3, 0.4) is 0 Å². The fourth-order valence-corrected chi connectivity index (χ4v) is 4.19. The molecule has 0 spiro atoms. The molecule has 0 heterocycles. The van der Waals surface area contributed by atoms with Gasteiger partial charge in [0, 0.05) is 24.5 Å². The number of allylic oxidation sites excluding steroid dienone is 4. The lowest BCUT2D eigenvalue weighted by Crippen LogP contribution is -2.32. The molecule has 0 aliphatic heterocycles. The molecule has 4 N–H and O–H groups in total. The summed E-state index contributed by atoms with van der Waals surface area (Å²) in [7, 11) is 0. The molecule has 0 amide bonds. The zero-order valence-electron chi connectivity index (χ0n) is 27.2. The van der Waals surface area contributed by atoms with Crippen LogP contribution >= 0.6 is 0 Å². The highest BCUT2D eigenvalue weighted by atomic mass is 16.6. The molecule has 0 saturated heterocycles. The number of hydrogen-bond donors (Lipinski definition) is 3. The number of hydrogen-bond acceptors (Lipinski definition) is 11. The fourth-order valence-electron chi connectivity index (χ4n) is 4.19. The molecule has 0 radical (unpaired) electrons. The standard InChI is InChI=1S/C33H50N2O11/c1-4-6-8-26(23-30(36)37)32(40)45-20-18-43-15-13-35(28-10-11-29(34)25(3)22-28)12-14-42-16-17-44-19-21-46-33(41)27(9-7-5-2)24-31(38)39/h4-7,10-11,22,26-27H,8-9,12-21,23-24,34H2,1-3H3,(H,36,37)(H,38,39)/b6-4+,7-5+. The second kappa shape index (κ2) is 24.3. The van der Waals surface area contributed by atoms with Crippen LogP contribution in [0, 0.1) is 18.8 Å². The fraction of sp³-hybridized carbons (Fsp3) is 0.576. The van der Waals surface area contributed by atoms with Gasteiger partial charge in [-0.2, -0.15) is 0 Å². The molecule has 0 saturated carbocycles. The molecule has 258 valence electrons. The lowest BCUT2D eigenvalue weighted by molar-refractivity contribution is -0.154. The van der Waals surface area contributed by atoms with E-state index in [0.717, 1.165) is 11.3 Å². The SMILES string of the molecule is C/C=C/CC(CC(=O)O)C(=O)OCCOCCOCCN(CCOCCOC(=O)C(C/C=C/C)CC(=O)O)c1ccc(N)c(C)c1. The average molecular weight is 651 g/mol. The van der Waals surface area contributed by atoms with Crippen LogP contribution in [0.4, 0.5) is 11.4 Å². The predicted molar refractivity (Wildman–Crippen MR) is 173 cm³/mol. The first-order chi connectivity index (χ1) is 22.1. The lowest BCUT2D eigenvalue weighted by atomic mass is 10.0. The summed E-state index contributed by atoms with van der Waals surface area (Å²) in [5.74, 6) is -4.70. The molecule has 2 atom stereocenters. The molecule has 0 aliphatic rings. The normalized spacial score (nSPS) is 12.7. The van der Waals surface area contributed by atoms with Crippen molar-refractivity contribution in [3.63, 3.8) is 0 Å². The third kappa shape index (κ3) is 18.1. The van der Waals surface area contributed by atoms with Crippen molar-refractivity contribution >= 4 is 35.3 Å². The Hall–Kier alpha value is -3.94.